The van der Waals surface area contributed by atoms with Crippen LogP contribution in [0.3, 0.4) is 0 Å². The SMILES string of the molecule is CC(N)c1ccc(F)c(-c2cccc(N(C)C)c2)c1. The van der Waals surface area contributed by atoms with Crippen LogP contribution in [0.2, 0.25) is 0 Å². The topological polar surface area (TPSA) is 29.3 Å². The Hall–Kier alpha value is -1.87. The molecule has 0 amide bonds. The van der Waals surface area contributed by atoms with Gasteiger partial charge in [-0.2, -0.15) is 0 Å². The molecule has 3 heteroatoms. The number of hydrogen-bond donors (Lipinski definition) is 1. The Balaban J connectivity index is 2.51. The number of anilines is 1. The van der Waals surface area contributed by atoms with Gasteiger partial charge in [0.1, 0.15) is 5.82 Å². The molecule has 0 heterocycles. The minimum atomic E-state index is -0.222. The molecule has 2 aromatic rings. The number of nitrogens with zero attached hydrogens (tertiary/aromatic N) is 1. The molecule has 0 aliphatic heterocycles. The van der Waals surface area contributed by atoms with Gasteiger partial charge in [-0.15, -0.1) is 0 Å². The third kappa shape index (κ3) is 2.93. The van der Waals surface area contributed by atoms with E-state index in [1.165, 1.54) is 6.07 Å². The Morgan fingerprint density at radius 3 is 2.47 bits per heavy atom. The summed E-state index contributed by atoms with van der Waals surface area (Å²) in [7, 11) is 3.93. The van der Waals surface area contributed by atoms with Gasteiger partial charge in [0.05, 0.1) is 0 Å². The van der Waals surface area contributed by atoms with E-state index >= 15 is 0 Å². The van der Waals surface area contributed by atoms with Crippen LogP contribution in [0.4, 0.5) is 10.1 Å². The highest BCUT2D eigenvalue weighted by atomic mass is 19.1. The van der Waals surface area contributed by atoms with E-state index in [0.29, 0.717) is 5.56 Å². The van der Waals surface area contributed by atoms with Crippen molar-refractivity contribution < 1.29 is 4.39 Å². The highest BCUT2D eigenvalue weighted by Crippen LogP contribution is 2.28. The van der Waals surface area contributed by atoms with Gasteiger partial charge in [-0.1, -0.05) is 18.2 Å². The molecule has 0 saturated carbocycles. The zero-order valence-corrected chi connectivity index (χ0v) is 11.5. The minimum absolute atomic E-state index is 0.101. The van der Waals surface area contributed by atoms with Crippen molar-refractivity contribution in [3.8, 4) is 11.1 Å². The Labute approximate surface area is 113 Å². The van der Waals surface area contributed by atoms with Crippen molar-refractivity contribution in [2.75, 3.05) is 19.0 Å². The van der Waals surface area contributed by atoms with Gasteiger partial charge in [-0.3, -0.25) is 0 Å². The van der Waals surface area contributed by atoms with Crippen molar-refractivity contribution in [1.82, 2.24) is 0 Å². The first-order chi connectivity index (χ1) is 8.99. The zero-order chi connectivity index (χ0) is 14.0. The van der Waals surface area contributed by atoms with Gasteiger partial charge in [-0.05, 0) is 42.3 Å². The molecule has 2 nitrogen and oxygen atoms in total. The van der Waals surface area contributed by atoms with Crippen LogP contribution in [0.5, 0.6) is 0 Å². The van der Waals surface area contributed by atoms with Crippen molar-refractivity contribution in [1.29, 1.82) is 0 Å². The lowest BCUT2D eigenvalue weighted by atomic mass is 9.99. The smallest absolute Gasteiger partial charge is 0.131 e. The molecule has 2 aromatic carbocycles. The Morgan fingerprint density at radius 1 is 1.11 bits per heavy atom. The predicted molar refractivity (Wildman–Crippen MR) is 78.8 cm³/mol. The molecular formula is C16H19FN2. The first-order valence-corrected chi connectivity index (χ1v) is 6.32. The average molecular weight is 258 g/mol. The molecule has 0 aromatic heterocycles. The van der Waals surface area contributed by atoms with Crippen molar-refractivity contribution in [2.24, 2.45) is 5.73 Å². The summed E-state index contributed by atoms with van der Waals surface area (Å²) in [5.74, 6) is -0.222. The Morgan fingerprint density at radius 2 is 1.84 bits per heavy atom. The number of halogens is 1. The highest BCUT2D eigenvalue weighted by Gasteiger charge is 2.09. The monoisotopic (exact) mass is 258 g/mol. The van der Waals surface area contributed by atoms with Crippen LogP contribution in [-0.4, -0.2) is 14.1 Å². The number of rotatable bonds is 3. The van der Waals surface area contributed by atoms with Crippen molar-refractivity contribution >= 4 is 5.69 Å². The lowest BCUT2D eigenvalue weighted by Crippen LogP contribution is -2.08. The molecule has 2 N–H and O–H groups in total. The second-order valence-corrected chi connectivity index (χ2v) is 4.97. The van der Waals surface area contributed by atoms with Crippen LogP contribution in [0, 0.1) is 5.82 Å². The zero-order valence-electron chi connectivity index (χ0n) is 11.5. The summed E-state index contributed by atoms with van der Waals surface area (Å²) >= 11 is 0. The van der Waals surface area contributed by atoms with E-state index in [0.717, 1.165) is 16.8 Å². The molecule has 0 aliphatic rings. The van der Waals surface area contributed by atoms with Crippen LogP contribution in [0.15, 0.2) is 42.5 Å². The van der Waals surface area contributed by atoms with Gasteiger partial charge in [0.15, 0.2) is 0 Å². The van der Waals surface area contributed by atoms with Crippen LogP contribution in [-0.2, 0) is 0 Å². The summed E-state index contributed by atoms with van der Waals surface area (Å²) in [6.45, 7) is 1.90. The second kappa shape index (κ2) is 5.41. The fourth-order valence-corrected chi connectivity index (χ4v) is 2.00. The maximum absolute atomic E-state index is 14.0. The van der Waals surface area contributed by atoms with E-state index in [9.17, 15) is 4.39 Å². The summed E-state index contributed by atoms with van der Waals surface area (Å²) in [6.07, 6.45) is 0. The molecule has 0 saturated heterocycles. The molecule has 0 bridgehead atoms. The summed E-state index contributed by atoms with van der Waals surface area (Å²) in [4.78, 5) is 2.00. The first kappa shape index (κ1) is 13.6. The molecule has 100 valence electrons. The molecule has 1 unspecified atom stereocenters. The molecular weight excluding hydrogens is 239 g/mol. The molecule has 19 heavy (non-hydrogen) atoms. The average Bonchev–Trinajstić information content (AvgIpc) is 2.39. The van der Waals surface area contributed by atoms with Gasteiger partial charge in [0, 0.05) is 31.4 Å². The minimum Gasteiger partial charge on any atom is -0.378 e. The largest absolute Gasteiger partial charge is 0.378 e. The molecule has 0 radical (unpaired) electrons. The second-order valence-electron chi connectivity index (χ2n) is 4.97. The molecule has 2 rings (SSSR count). The maximum Gasteiger partial charge on any atom is 0.131 e. The lowest BCUT2D eigenvalue weighted by Gasteiger charge is -2.15. The van der Waals surface area contributed by atoms with E-state index in [1.807, 2.05) is 56.3 Å². The molecule has 0 aliphatic carbocycles. The van der Waals surface area contributed by atoms with Gasteiger partial charge in [0.25, 0.3) is 0 Å². The van der Waals surface area contributed by atoms with Gasteiger partial charge >= 0.3 is 0 Å². The van der Waals surface area contributed by atoms with Crippen LogP contribution < -0.4 is 10.6 Å². The molecule has 0 spiro atoms. The molecule has 0 fully saturated rings. The predicted octanol–water partition coefficient (Wildman–Crippen LogP) is 3.58. The number of benzene rings is 2. The first-order valence-electron chi connectivity index (χ1n) is 6.32. The van der Waals surface area contributed by atoms with E-state index < -0.39 is 0 Å². The van der Waals surface area contributed by atoms with Crippen molar-refractivity contribution in [2.45, 2.75) is 13.0 Å². The van der Waals surface area contributed by atoms with Crippen LogP contribution in [0.25, 0.3) is 11.1 Å². The highest BCUT2D eigenvalue weighted by molar-refractivity contribution is 5.69. The number of nitrogens with two attached hydrogens (primary N) is 1. The third-order valence-corrected chi connectivity index (χ3v) is 3.19. The summed E-state index contributed by atoms with van der Waals surface area (Å²) in [5, 5.41) is 0. The van der Waals surface area contributed by atoms with E-state index in [-0.39, 0.29) is 11.9 Å². The van der Waals surface area contributed by atoms with E-state index in [1.54, 1.807) is 6.07 Å². The van der Waals surface area contributed by atoms with Gasteiger partial charge in [-0.25, -0.2) is 4.39 Å². The van der Waals surface area contributed by atoms with Gasteiger partial charge in [0.2, 0.25) is 0 Å². The fraction of sp³-hybridized carbons (Fsp3) is 0.250. The summed E-state index contributed by atoms with van der Waals surface area (Å²) in [6, 6.07) is 12.8. The lowest BCUT2D eigenvalue weighted by molar-refractivity contribution is 0.629. The third-order valence-electron chi connectivity index (χ3n) is 3.19. The maximum atomic E-state index is 14.0. The summed E-state index contributed by atoms with van der Waals surface area (Å²) < 4.78 is 14.0. The summed E-state index contributed by atoms with van der Waals surface area (Å²) in [5.41, 5.74) is 9.30. The Bertz CT molecular complexity index is 577. The van der Waals surface area contributed by atoms with Crippen molar-refractivity contribution in [3.05, 3.63) is 53.8 Å². The van der Waals surface area contributed by atoms with Crippen molar-refractivity contribution in [3.63, 3.8) is 0 Å². The van der Waals surface area contributed by atoms with E-state index in [2.05, 4.69) is 0 Å². The van der Waals surface area contributed by atoms with Crippen LogP contribution >= 0.6 is 0 Å². The normalized spacial score (nSPS) is 12.3. The van der Waals surface area contributed by atoms with Gasteiger partial charge < -0.3 is 10.6 Å². The van der Waals surface area contributed by atoms with E-state index in [4.69, 9.17) is 5.73 Å². The standard InChI is InChI=1S/C16H19FN2/c1-11(18)12-7-8-16(17)15(10-12)13-5-4-6-14(9-13)19(2)3/h4-11H,18H2,1-3H3. The quantitative estimate of drug-likeness (QED) is 0.911. The fourth-order valence-electron chi connectivity index (χ4n) is 2.00. The van der Waals surface area contributed by atoms with Crippen LogP contribution in [0.1, 0.15) is 18.5 Å². The Kier molecular flexibility index (Phi) is 3.86. The number of hydrogen-bond acceptors (Lipinski definition) is 2. The molecule has 1 atom stereocenters.